The van der Waals surface area contributed by atoms with Crippen LogP contribution in [0.4, 0.5) is 10.1 Å². The number of carbonyl (C=O) groups excluding carboxylic acids is 1. The van der Waals surface area contributed by atoms with E-state index in [2.05, 4.69) is 20.3 Å². The lowest BCUT2D eigenvalue weighted by atomic mass is 9.52. The molecule has 0 aliphatic carbocycles. The number of ether oxygens (including phenoxy) is 1. The highest BCUT2D eigenvalue weighted by molar-refractivity contribution is 8.14. The number of amidine groups is 1. The van der Waals surface area contributed by atoms with Crippen molar-refractivity contribution in [2.45, 2.75) is 23.6 Å². The van der Waals surface area contributed by atoms with Gasteiger partial charge in [0, 0.05) is 18.0 Å². The molecule has 144 valence electrons. The van der Waals surface area contributed by atoms with E-state index < -0.39 is 22.6 Å². The zero-order chi connectivity index (χ0) is 21.6. The highest BCUT2D eigenvalue weighted by atomic mass is 32.2. The van der Waals surface area contributed by atoms with E-state index in [0.29, 0.717) is 16.4 Å². The summed E-state index contributed by atoms with van der Waals surface area (Å²) >= 11 is 1.13. The first-order valence-electron chi connectivity index (χ1n) is 8.41. The summed E-state index contributed by atoms with van der Waals surface area (Å²) in [4.78, 5) is 23.9. The van der Waals surface area contributed by atoms with Gasteiger partial charge < -0.3 is 15.8 Å². The number of anilines is 1. The van der Waals surface area contributed by atoms with Crippen molar-refractivity contribution < 1.29 is 13.9 Å². The lowest BCUT2D eigenvalue weighted by molar-refractivity contribution is 0.102. The summed E-state index contributed by atoms with van der Waals surface area (Å²) in [5, 5.41) is 0.564. The van der Waals surface area contributed by atoms with Crippen molar-refractivity contribution in [3.05, 3.63) is 47.9 Å². The summed E-state index contributed by atoms with van der Waals surface area (Å²) < 4.78 is 19.7. The molecule has 6 radical (unpaired) electrons. The minimum atomic E-state index is -1.91. The molecule has 0 saturated heterocycles. The van der Waals surface area contributed by atoms with Crippen LogP contribution in [0.1, 0.15) is 29.1 Å². The van der Waals surface area contributed by atoms with Crippen LogP contribution in [-0.4, -0.2) is 62.2 Å². The number of hydrogen-bond acceptors (Lipinski definition) is 6. The summed E-state index contributed by atoms with van der Waals surface area (Å²) in [7, 11) is 17.4. The smallest absolute Gasteiger partial charge is 0.275 e. The number of alkyl halides is 1. The predicted molar refractivity (Wildman–Crippen MR) is 115 cm³/mol. The molecular formula is C17H17B3FN5O2S. The van der Waals surface area contributed by atoms with Gasteiger partial charge in [-0.15, -0.1) is 0 Å². The zero-order valence-corrected chi connectivity index (χ0v) is 16.7. The zero-order valence-electron chi connectivity index (χ0n) is 15.9. The van der Waals surface area contributed by atoms with E-state index in [1.807, 2.05) is 0 Å². The molecule has 0 fully saturated rings. The number of carbonyl (C=O) groups is 1. The molecular weight excluding hydrogens is 390 g/mol. The molecule has 1 amide bonds. The van der Waals surface area contributed by atoms with Gasteiger partial charge in [-0.2, -0.15) is 0 Å². The lowest BCUT2D eigenvalue weighted by Gasteiger charge is -2.21. The molecule has 0 saturated carbocycles. The van der Waals surface area contributed by atoms with Gasteiger partial charge in [-0.25, -0.2) is 14.4 Å². The maximum atomic E-state index is 14.7. The van der Waals surface area contributed by atoms with E-state index in [1.54, 1.807) is 32.2 Å². The predicted octanol–water partition coefficient (Wildman–Crippen LogP) is 1.30. The van der Waals surface area contributed by atoms with Crippen LogP contribution in [0.2, 0.25) is 0 Å². The summed E-state index contributed by atoms with van der Waals surface area (Å²) in [6.07, 6.45) is 1.02. The Balaban J connectivity index is 2.06. The number of benzene rings is 1. The SMILES string of the molecule is [B]C([B])([B])Oc1cnc(C(=O)Nc2cccc([C@@H](F)[C@@H](C)SC(N)=NC)c2)cn1. The minimum absolute atomic E-state index is 0.00655. The number of aromatic nitrogens is 2. The van der Waals surface area contributed by atoms with Gasteiger partial charge in [0.25, 0.3) is 5.91 Å². The van der Waals surface area contributed by atoms with Crippen molar-refractivity contribution >= 4 is 52.1 Å². The van der Waals surface area contributed by atoms with Gasteiger partial charge in [0.15, 0.2) is 5.17 Å². The molecule has 3 N–H and O–H groups in total. The fraction of sp³-hybridized carbons (Fsp3) is 0.294. The Morgan fingerprint density at radius 2 is 2.07 bits per heavy atom. The molecule has 0 spiro atoms. The molecule has 0 bridgehead atoms. The molecule has 2 aromatic rings. The molecule has 0 unspecified atom stereocenters. The van der Waals surface area contributed by atoms with Crippen LogP contribution in [0.15, 0.2) is 41.7 Å². The third-order valence-electron chi connectivity index (χ3n) is 3.54. The van der Waals surface area contributed by atoms with Crippen LogP contribution in [0.3, 0.4) is 0 Å². The second-order valence-corrected chi connectivity index (χ2v) is 7.46. The Hall–Kier alpha value is -2.49. The monoisotopic (exact) mass is 407 g/mol. The highest BCUT2D eigenvalue weighted by Crippen LogP contribution is 2.31. The Labute approximate surface area is 176 Å². The average molecular weight is 407 g/mol. The number of thioether (sulfide) groups is 1. The molecule has 12 heteroatoms. The van der Waals surface area contributed by atoms with E-state index in [-0.39, 0.29) is 11.6 Å². The molecule has 2 atom stereocenters. The van der Waals surface area contributed by atoms with Gasteiger partial charge in [-0.1, -0.05) is 23.9 Å². The van der Waals surface area contributed by atoms with Crippen molar-refractivity contribution in [1.82, 2.24) is 9.97 Å². The van der Waals surface area contributed by atoms with Gasteiger partial charge >= 0.3 is 0 Å². The summed E-state index contributed by atoms with van der Waals surface area (Å²) in [6, 6.07) is 6.43. The molecule has 7 nitrogen and oxygen atoms in total. The topological polar surface area (TPSA) is 102 Å². The molecule has 1 heterocycles. The first-order valence-corrected chi connectivity index (χ1v) is 9.29. The molecule has 1 aromatic carbocycles. The quantitative estimate of drug-likeness (QED) is 0.408. The van der Waals surface area contributed by atoms with E-state index >= 15 is 0 Å². The normalized spacial score (nSPS) is 14.1. The fourth-order valence-corrected chi connectivity index (χ4v) is 2.99. The van der Waals surface area contributed by atoms with Crippen LogP contribution in [0.5, 0.6) is 5.88 Å². The Morgan fingerprint density at radius 3 is 2.66 bits per heavy atom. The number of rotatable bonds is 7. The standard InChI is InChI=1S/C17H17B3FN5O2S/c1-9(29-16(22)23-2)14(21)10-4-3-5-11(6-10)26-15(27)12-7-25-13(8-24-12)28-17(18,19)20/h3-9,14H,1-2H3,(H2,22,23)(H,26,27)/t9-,14+/m1/s1. The van der Waals surface area contributed by atoms with Crippen LogP contribution in [0.25, 0.3) is 0 Å². The van der Waals surface area contributed by atoms with Crippen molar-refractivity contribution in [1.29, 1.82) is 0 Å². The summed E-state index contributed by atoms with van der Waals surface area (Å²) in [5.41, 5.74) is 6.44. The van der Waals surface area contributed by atoms with Gasteiger partial charge in [0.2, 0.25) is 5.88 Å². The number of hydrogen-bond donors (Lipinski definition) is 2. The Morgan fingerprint density at radius 1 is 1.34 bits per heavy atom. The average Bonchev–Trinajstić information content (AvgIpc) is 2.66. The van der Waals surface area contributed by atoms with Gasteiger partial charge in [-0.3, -0.25) is 9.79 Å². The van der Waals surface area contributed by atoms with Crippen molar-refractivity contribution in [2.75, 3.05) is 12.4 Å². The first kappa shape index (κ1) is 22.8. The summed E-state index contributed by atoms with van der Waals surface area (Å²) in [6.45, 7) is 1.70. The van der Waals surface area contributed by atoms with Crippen LogP contribution in [0, 0.1) is 0 Å². The van der Waals surface area contributed by atoms with E-state index in [0.717, 1.165) is 18.0 Å². The van der Waals surface area contributed by atoms with E-state index in [4.69, 9.17) is 34.0 Å². The molecule has 0 aliphatic rings. The fourth-order valence-electron chi connectivity index (χ4n) is 2.22. The van der Waals surface area contributed by atoms with Crippen molar-refractivity contribution in [2.24, 2.45) is 10.7 Å². The third-order valence-corrected chi connectivity index (χ3v) is 4.58. The van der Waals surface area contributed by atoms with Gasteiger partial charge in [-0.05, 0) is 29.9 Å². The van der Waals surface area contributed by atoms with Gasteiger partial charge in [0.1, 0.15) is 35.4 Å². The largest absolute Gasteiger partial charge is 0.500 e. The summed E-state index contributed by atoms with van der Waals surface area (Å²) in [5.74, 6) is -0.585. The second kappa shape index (κ2) is 9.82. The maximum Gasteiger partial charge on any atom is 0.275 e. The first-order chi connectivity index (χ1) is 13.6. The Kier molecular flexibility index (Phi) is 7.72. The van der Waals surface area contributed by atoms with Crippen LogP contribution >= 0.6 is 11.8 Å². The van der Waals surface area contributed by atoms with Crippen molar-refractivity contribution in [3.63, 3.8) is 0 Å². The third kappa shape index (κ3) is 7.12. The van der Waals surface area contributed by atoms with Crippen molar-refractivity contribution in [3.8, 4) is 5.88 Å². The van der Waals surface area contributed by atoms with Crippen LogP contribution in [-0.2, 0) is 0 Å². The number of nitrogens with zero attached hydrogens (tertiary/aromatic N) is 3. The van der Waals surface area contributed by atoms with Gasteiger partial charge in [0.05, 0.1) is 12.4 Å². The number of nitrogens with two attached hydrogens (primary N) is 1. The number of nitrogens with one attached hydrogen (secondary N) is 1. The number of halogens is 1. The Bertz CT molecular complexity index is 880. The number of aliphatic imine (C=N–C) groups is 1. The second-order valence-electron chi connectivity index (χ2n) is 6.06. The highest BCUT2D eigenvalue weighted by Gasteiger charge is 2.21. The minimum Gasteiger partial charge on any atom is -0.500 e. The molecule has 1 aromatic heterocycles. The lowest BCUT2D eigenvalue weighted by Crippen LogP contribution is -2.37. The van der Waals surface area contributed by atoms with E-state index in [1.165, 1.54) is 12.3 Å². The van der Waals surface area contributed by atoms with E-state index in [9.17, 15) is 9.18 Å². The molecule has 29 heavy (non-hydrogen) atoms. The number of amides is 1. The molecule has 2 rings (SSSR count). The maximum absolute atomic E-state index is 14.7. The molecule has 0 aliphatic heterocycles. The van der Waals surface area contributed by atoms with Crippen LogP contribution < -0.4 is 15.8 Å².